The van der Waals surface area contributed by atoms with Gasteiger partial charge in [-0.1, -0.05) is 12.1 Å². The number of ether oxygens (including phenoxy) is 1. The normalized spacial score (nSPS) is 12.2. The number of carbonyl (C=O) groups is 1. The fraction of sp³-hybridized carbons (Fsp3) is 0.462. The molecule has 0 saturated carbocycles. The average molecular weight is 301 g/mol. The first-order chi connectivity index (χ1) is 9.19. The van der Waals surface area contributed by atoms with Crippen molar-refractivity contribution in [1.29, 1.82) is 0 Å². The number of aliphatic hydroxyl groups is 1. The highest BCUT2D eigenvalue weighted by Gasteiger charge is 2.24. The van der Waals surface area contributed by atoms with E-state index in [-0.39, 0.29) is 12.4 Å². The third-order valence-corrected chi connectivity index (χ3v) is 4.14. The fourth-order valence-corrected chi connectivity index (χ4v) is 3.17. The van der Waals surface area contributed by atoms with Gasteiger partial charge in [0.2, 0.25) is 10.0 Å². The molecule has 1 rings (SSSR count). The van der Waals surface area contributed by atoms with Crippen molar-refractivity contribution in [3.63, 3.8) is 0 Å². The van der Waals surface area contributed by atoms with Gasteiger partial charge in [-0.15, -0.1) is 0 Å². The van der Waals surface area contributed by atoms with Crippen molar-refractivity contribution in [2.75, 3.05) is 13.7 Å². The summed E-state index contributed by atoms with van der Waals surface area (Å²) in [5.41, 5.74) is -0.0127. The van der Waals surface area contributed by atoms with E-state index in [1.54, 1.807) is 26.0 Å². The Hall–Kier alpha value is -1.44. The number of esters is 1. The molecule has 0 atom stereocenters. The molecule has 0 unspecified atom stereocenters. The van der Waals surface area contributed by atoms with Crippen molar-refractivity contribution in [1.82, 2.24) is 4.72 Å². The van der Waals surface area contributed by atoms with E-state index in [4.69, 9.17) is 5.11 Å². The SMILES string of the molecule is COC(=O)c1ccc(CS(=O)(=O)NC(C)(C)CO)cc1. The van der Waals surface area contributed by atoms with Crippen LogP contribution < -0.4 is 4.72 Å². The molecule has 0 spiro atoms. The summed E-state index contributed by atoms with van der Waals surface area (Å²) in [5, 5.41) is 9.07. The van der Waals surface area contributed by atoms with Gasteiger partial charge in [0.15, 0.2) is 0 Å². The highest BCUT2D eigenvalue weighted by molar-refractivity contribution is 7.88. The van der Waals surface area contributed by atoms with Crippen LogP contribution >= 0.6 is 0 Å². The molecule has 0 radical (unpaired) electrons. The third kappa shape index (κ3) is 4.92. The number of methoxy groups -OCH3 is 1. The molecule has 1 aromatic rings. The van der Waals surface area contributed by atoms with Gasteiger partial charge >= 0.3 is 5.97 Å². The van der Waals surface area contributed by atoms with E-state index in [0.717, 1.165) is 0 Å². The number of hydrogen-bond donors (Lipinski definition) is 2. The molecule has 0 amide bonds. The molecular formula is C13H19NO5S. The van der Waals surface area contributed by atoms with E-state index in [1.807, 2.05) is 0 Å². The lowest BCUT2D eigenvalue weighted by Gasteiger charge is -2.23. The maximum Gasteiger partial charge on any atom is 0.337 e. The molecule has 0 saturated heterocycles. The standard InChI is InChI=1S/C13H19NO5S/c1-13(2,9-15)14-20(17,18)8-10-4-6-11(7-5-10)12(16)19-3/h4-7,14-15H,8-9H2,1-3H3. The predicted octanol–water partition coefficient (Wildman–Crippen LogP) is 0.663. The zero-order valence-electron chi connectivity index (χ0n) is 11.7. The lowest BCUT2D eigenvalue weighted by molar-refractivity contribution is 0.0600. The molecule has 0 aromatic heterocycles. The Labute approximate surface area is 118 Å². The summed E-state index contributed by atoms with van der Waals surface area (Å²) in [4.78, 5) is 11.3. The third-order valence-electron chi connectivity index (χ3n) is 2.56. The quantitative estimate of drug-likeness (QED) is 0.753. The van der Waals surface area contributed by atoms with E-state index in [2.05, 4.69) is 9.46 Å². The van der Waals surface area contributed by atoms with Crippen molar-refractivity contribution in [2.45, 2.75) is 25.1 Å². The molecule has 0 aliphatic rings. The summed E-state index contributed by atoms with van der Waals surface area (Å²) in [7, 11) is -2.29. The second-order valence-electron chi connectivity index (χ2n) is 5.09. The van der Waals surface area contributed by atoms with E-state index < -0.39 is 21.5 Å². The number of aliphatic hydroxyl groups excluding tert-OH is 1. The van der Waals surface area contributed by atoms with Gasteiger partial charge < -0.3 is 9.84 Å². The topological polar surface area (TPSA) is 92.7 Å². The van der Waals surface area contributed by atoms with Crippen LogP contribution in [-0.4, -0.2) is 38.7 Å². The second-order valence-corrected chi connectivity index (χ2v) is 6.81. The zero-order valence-corrected chi connectivity index (χ0v) is 12.5. The van der Waals surface area contributed by atoms with E-state index in [9.17, 15) is 13.2 Å². The van der Waals surface area contributed by atoms with Gasteiger partial charge in [-0.25, -0.2) is 17.9 Å². The van der Waals surface area contributed by atoms with Crippen molar-refractivity contribution in [3.05, 3.63) is 35.4 Å². The summed E-state index contributed by atoms with van der Waals surface area (Å²) in [6.07, 6.45) is 0. The molecule has 0 fully saturated rings. The monoisotopic (exact) mass is 301 g/mol. The average Bonchev–Trinajstić information content (AvgIpc) is 2.37. The molecule has 0 aliphatic carbocycles. The second kappa shape index (κ2) is 6.34. The predicted molar refractivity (Wildman–Crippen MR) is 74.7 cm³/mol. The summed E-state index contributed by atoms with van der Waals surface area (Å²) >= 11 is 0. The van der Waals surface area contributed by atoms with Gasteiger partial charge in [-0.2, -0.15) is 0 Å². The molecule has 112 valence electrons. The first-order valence-corrected chi connectivity index (χ1v) is 7.64. The largest absolute Gasteiger partial charge is 0.465 e. The summed E-state index contributed by atoms with van der Waals surface area (Å²) in [6.45, 7) is 2.88. The molecule has 0 bridgehead atoms. The number of hydrogen-bond acceptors (Lipinski definition) is 5. The van der Waals surface area contributed by atoms with Crippen LogP contribution in [0.25, 0.3) is 0 Å². The van der Waals surface area contributed by atoms with E-state index in [1.165, 1.54) is 19.2 Å². The van der Waals surface area contributed by atoms with Crippen molar-refractivity contribution >= 4 is 16.0 Å². The summed E-state index contributed by atoms with van der Waals surface area (Å²) in [5.74, 6) is -0.698. The van der Waals surface area contributed by atoms with E-state index >= 15 is 0 Å². The molecule has 1 aromatic carbocycles. The highest BCUT2D eigenvalue weighted by Crippen LogP contribution is 2.11. The highest BCUT2D eigenvalue weighted by atomic mass is 32.2. The fourth-order valence-electron chi connectivity index (χ4n) is 1.56. The van der Waals surface area contributed by atoms with Crippen molar-refractivity contribution in [3.8, 4) is 0 Å². The van der Waals surface area contributed by atoms with Crippen LogP contribution in [0.15, 0.2) is 24.3 Å². The van der Waals surface area contributed by atoms with Crippen LogP contribution in [-0.2, 0) is 20.5 Å². The Morgan fingerprint density at radius 1 is 1.30 bits per heavy atom. The van der Waals surface area contributed by atoms with Crippen LogP contribution in [0.4, 0.5) is 0 Å². The maximum atomic E-state index is 11.9. The number of benzene rings is 1. The lowest BCUT2D eigenvalue weighted by Crippen LogP contribution is -2.46. The number of nitrogens with one attached hydrogen (secondary N) is 1. The Kier molecular flexibility index (Phi) is 5.27. The number of rotatable bonds is 6. The van der Waals surface area contributed by atoms with E-state index in [0.29, 0.717) is 11.1 Å². The Morgan fingerprint density at radius 2 is 1.85 bits per heavy atom. The first kappa shape index (κ1) is 16.6. The molecule has 20 heavy (non-hydrogen) atoms. The number of sulfonamides is 1. The van der Waals surface area contributed by atoms with Crippen molar-refractivity contribution in [2.24, 2.45) is 0 Å². The molecule has 0 aliphatic heterocycles. The summed E-state index contributed by atoms with van der Waals surface area (Å²) in [6, 6.07) is 6.12. The van der Waals surface area contributed by atoms with Crippen LogP contribution in [0.3, 0.4) is 0 Å². The van der Waals surface area contributed by atoms with Gasteiger partial charge in [-0.05, 0) is 31.5 Å². The smallest absolute Gasteiger partial charge is 0.337 e. The minimum atomic E-state index is -3.57. The molecule has 0 heterocycles. The van der Waals surface area contributed by atoms with Gasteiger partial charge in [0.05, 0.1) is 30.6 Å². The molecule has 6 nitrogen and oxygen atoms in total. The van der Waals surface area contributed by atoms with Crippen LogP contribution in [0.1, 0.15) is 29.8 Å². The van der Waals surface area contributed by atoms with Crippen LogP contribution in [0.2, 0.25) is 0 Å². The zero-order chi connectivity index (χ0) is 15.4. The van der Waals surface area contributed by atoms with Crippen LogP contribution in [0.5, 0.6) is 0 Å². The van der Waals surface area contributed by atoms with Crippen molar-refractivity contribution < 1.29 is 23.1 Å². The van der Waals surface area contributed by atoms with Gasteiger partial charge in [-0.3, -0.25) is 0 Å². The maximum absolute atomic E-state index is 11.9. The van der Waals surface area contributed by atoms with Crippen LogP contribution in [0, 0.1) is 0 Å². The Morgan fingerprint density at radius 3 is 2.30 bits per heavy atom. The van der Waals surface area contributed by atoms with Gasteiger partial charge in [0.1, 0.15) is 0 Å². The molecular weight excluding hydrogens is 282 g/mol. The van der Waals surface area contributed by atoms with Gasteiger partial charge in [0.25, 0.3) is 0 Å². The minimum absolute atomic E-state index is 0.224. The Bertz CT molecular complexity index is 563. The number of carbonyl (C=O) groups excluding carboxylic acids is 1. The molecule has 2 N–H and O–H groups in total. The minimum Gasteiger partial charge on any atom is -0.465 e. The van der Waals surface area contributed by atoms with Gasteiger partial charge in [0, 0.05) is 0 Å². The Balaban J connectivity index is 2.81. The molecule has 7 heteroatoms. The summed E-state index contributed by atoms with van der Waals surface area (Å²) < 4.78 is 30.8. The lowest BCUT2D eigenvalue weighted by atomic mass is 10.1. The first-order valence-electron chi connectivity index (χ1n) is 5.99.